The molecule has 2 nitrogen and oxygen atoms in total. The summed E-state index contributed by atoms with van der Waals surface area (Å²) in [6.07, 6.45) is 0.993. The summed E-state index contributed by atoms with van der Waals surface area (Å²) in [6.45, 7) is 3.84. The number of methoxy groups -OCH3 is 1. The van der Waals surface area contributed by atoms with Crippen LogP contribution in [0.1, 0.15) is 18.1 Å². The molecule has 0 saturated heterocycles. The number of halogens is 1. The minimum absolute atomic E-state index is 0.650. The number of hydrogen-bond acceptors (Lipinski definition) is 2. The third-order valence-corrected chi connectivity index (χ3v) is 2.52. The van der Waals surface area contributed by atoms with Crippen LogP contribution in [0.25, 0.3) is 0 Å². The molecule has 0 heterocycles. The van der Waals surface area contributed by atoms with Gasteiger partial charge in [0.15, 0.2) is 0 Å². The Labute approximate surface area is 96.6 Å². The van der Waals surface area contributed by atoms with E-state index in [-0.39, 0.29) is 0 Å². The Kier molecular flexibility index (Phi) is 5.51. The molecule has 0 saturated carbocycles. The van der Waals surface area contributed by atoms with Crippen molar-refractivity contribution in [3.63, 3.8) is 0 Å². The zero-order valence-corrected chi connectivity index (χ0v) is 10.1. The van der Waals surface area contributed by atoms with Gasteiger partial charge in [0.1, 0.15) is 5.75 Å². The van der Waals surface area contributed by atoms with Crippen molar-refractivity contribution in [1.29, 1.82) is 0 Å². The number of hydrogen-bond donors (Lipinski definition) is 1. The first-order chi connectivity index (χ1) is 7.31. The Balaban J connectivity index is 2.66. The maximum Gasteiger partial charge on any atom is 0.122 e. The second-order valence-corrected chi connectivity index (χ2v) is 3.74. The highest BCUT2D eigenvalue weighted by atomic mass is 35.5. The van der Waals surface area contributed by atoms with Crippen LogP contribution in [0, 0.1) is 0 Å². The van der Waals surface area contributed by atoms with Crippen LogP contribution in [0.4, 0.5) is 0 Å². The number of benzene rings is 1. The van der Waals surface area contributed by atoms with Crippen LogP contribution in [0.15, 0.2) is 18.2 Å². The normalized spacial score (nSPS) is 10.3. The number of nitrogens with one attached hydrogen (secondary N) is 1. The molecule has 1 aromatic carbocycles. The average Bonchev–Trinajstić information content (AvgIpc) is 2.29. The van der Waals surface area contributed by atoms with E-state index in [2.05, 4.69) is 24.4 Å². The summed E-state index contributed by atoms with van der Waals surface area (Å²) in [5.41, 5.74) is 2.53. The van der Waals surface area contributed by atoms with Gasteiger partial charge in [-0.05, 0) is 23.6 Å². The molecule has 0 amide bonds. The molecule has 0 spiro atoms. The highest BCUT2D eigenvalue weighted by Crippen LogP contribution is 2.20. The molecule has 0 atom stereocenters. The molecule has 0 radical (unpaired) electrons. The molecule has 3 heteroatoms. The standard InChI is InChI=1S/C12H18ClNO/c1-3-11-8-10(9-14-7-6-13)4-5-12(11)15-2/h4-5,8,14H,3,6-7,9H2,1-2H3. The smallest absolute Gasteiger partial charge is 0.122 e. The largest absolute Gasteiger partial charge is 0.496 e. The van der Waals surface area contributed by atoms with E-state index in [1.54, 1.807) is 7.11 Å². The monoisotopic (exact) mass is 227 g/mol. The summed E-state index contributed by atoms with van der Waals surface area (Å²) in [5.74, 6) is 1.62. The first-order valence-corrected chi connectivity index (χ1v) is 5.77. The van der Waals surface area contributed by atoms with Gasteiger partial charge >= 0.3 is 0 Å². The van der Waals surface area contributed by atoms with Gasteiger partial charge in [-0.1, -0.05) is 19.1 Å². The Morgan fingerprint density at radius 2 is 2.20 bits per heavy atom. The zero-order valence-electron chi connectivity index (χ0n) is 9.35. The van der Waals surface area contributed by atoms with E-state index in [0.29, 0.717) is 5.88 Å². The van der Waals surface area contributed by atoms with Gasteiger partial charge in [0.2, 0.25) is 0 Å². The lowest BCUT2D eigenvalue weighted by molar-refractivity contribution is 0.410. The molecule has 1 N–H and O–H groups in total. The Hall–Kier alpha value is -0.730. The Bertz CT molecular complexity index is 302. The van der Waals surface area contributed by atoms with Crippen molar-refractivity contribution in [2.24, 2.45) is 0 Å². The Morgan fingerprint density at radius 3 is 2.80 bits per heavy atom. The second-order valence-electron chi connectivity index (χ2n) is 3.37. The van der Waals surface area contributed by atoms with Crippen LogP contribution in [0.5, 0.6) is 5.75 Å². The Morgan fingerprint density at radius 1 is 1.40 bits per heavy atom. The minimum Gasteiger partial charge on any atom is -0.496 e. The summed E-state index contributed by atoms with van der Waals surface area (Å²) >= 11 is 5.59. The average molecular weight is 228 g/mol. The summed E-state index contributed by atoms with van der Waals surface area (Å²) < 4.78 is 5.28. The fourth-order valence-corrected chi connectivity index (χ4v) is 1.65. The van der Waals surface area contributed by atoms with Gasteiger partial charge in [0.05, 0.1) is 7.11 Å². The van der Waals surface area contributed by atoms with E-state index in [1.807, 2.05) is 6.07 Å². The quantitative estimate of drug-likeness (QED) is 0.596. The van der Waals surface area contributed by atoms with E-state index in [9.17, 15) is 0 Å². The molecule has 84 valence electrons. The molecule has 1 rings (SSSR count). The third kappa shape index (κ3) is 3.73. The SMILES string of the molecule is CCc1cc(CNCCCl)ccc1OC. The number of rotatable bonds is 6. The van der Waals surface area contributed by atoms with Crippen LogP contribution in [0.2, 0.25) is 0 Å². The molecule has 0 bridgehead atoms. The highest BCUT2D eigenvalue weighted by Gasteiger charge is 2.01. The van der Waals surface area contributed by atoms with Crippen molar-refractivity contribution in [2.75, 3.05) is 19.5 Å². The van der Waals surface area contributed by atoms with Crippen LogP contribution < -0.4 is 10.1 Å². The maximum absolute atomic E-state index is 5.59. The van der Waals surface area contributed by atoms with Crippen molar-refractivity contribution in [2.45, 2.75) is 19.9 Å². The summed E-state index contributed by atoms with van der Waals surface area (Å²) in [5, 5.41) is 3.27. The van der Waals surface area contributed by atoms with Crippen LogP contribution in [-0.4, -0.2) is 19.5 Å². The molecular formula is C12H18ClNO. The lowest BCUT2D eigenvalue weighted by Gasteiger charge is -2.09. The molecule has 1 aromatic rings. The van der Waals surface area contributed by atoms with Gasteiger partial charge in [-0.3, -0.25) is 0 Å². The van der Waals surface area contributed by atoms with Crippen molar-refractivity contribution in [3.8, 4) is 5.75 Å². The van der Waals surface area contributed by atoms with Crippen LogP contribution >= 0.6 is 11.6 Å². The van der Waals surface area contributed by atoms with Crippen molar-refractivity contribution in [1.82, 2.24) is 5.32 Å². The van der Waals surface area contributed by atoms with Gasteiger partial charge in [0.25, 0.3) is 0 Å². The highest BCUT2D eigenvalue weighted by molar-refractivity contribution is 6.18. The molecule has 0 aliphatic carbocycles. The lowest BCUT2D eigenvalue weighted by Crippen LogP contribution is -2.15. The molecule has 15 heavy (non-hydrogen) atoms. The number of ether oxygens (including phenoxy) is 1. The summed E-state index contributed by atoms with van der Waals surface area (Å²) in [6, 6.07) is 6.29. The first kappa shape index (κ1) is 12.3. The van der Waals surface area contributed by atoms with E-state index in [1.165, 1.54) is 11.1 Å². The lowest BCUT2D eigenvalue weighted by atomic mass is 10.1. The van der Waals surface area contributed by atoms with E-state index in [0.717, 1.165) is 25.3 Å². The first-order valence-electron chi connectivity index (χ1n) is 5.24. The van der Waals surface area contributed by atoms with Crippen LogP contribution in [0.3, 0.4) is 0 Å². The van der Waals surface area contributed by atoms with Gasteiger partial charge in [-0.25, -0.2) is 0 Å². The maximum atomic E-state index is 5.59. The van der Waals surface area contributed by atoms with E-state index < -0.39 is 0 Å². The summed E-state index contributed by atoms with van der Waals surface area (Å²) in [4.78, 5) is 0. The third-order valence-electron chi connectivity index (χ3n) is 2.33. The zero-order chi connectivity index (χ0) is 11.1. The topological polar surface area (TPSA) is 21.3 Å². The number of aryl methyl sites for hydroxylation is 1. The second kappa shape index (κ2) is 6.70. The molecule has 0 fully saturated rings. The number of alkyl halides is 1. The molecule has 0 aliphatic heterocycles. The molecule has 0 aliphatic rings. The predicted molar refractivity (Wildman–Crippen MR) is 64.8 cm³/mol. The molecule has 0 aromatic heterocycles. The van der Waals surface area contributed by atoms with E-state index in [4.69, 9.17) is 16.3 Å². The van der Waals surface area contributed by atoms with E-state index >= 15 is 0 Å². The van der Waals surface area contributed by atoms with Gasteiger partial charge in [-0.15, -0.1) is 11.6 Å². The van der Waals surface area contributed by atoms with Crippen molar-refractivity contribution >= 4 is 11.6 Å². The van der Waals surface area contributed by atoms with Gasteiger partial charge < -0.3 is 10.1 Å². The fourth-order valence-electron chi connectivity index (χ4n) is 1.52. The predicted octanol–water partition coefficient (Wildman–Crippen LogP) is 2.59. The minimum atomic E-state index is 0.650. The van der Waals surface area contributed by atoms with Gasteiger partial charge in [-0.2, -0.15) is 0 Å². The van der Waals surface area contributed by atoms with Gasteiger partial charge in [0, 0.05) is 19.0 Å². The summed E-state index contributed by atoms with van der Waals surface area (Å²) in [7, 11) is 1.71. The van der Waals surface area contributed by atoms with Crippen molar-refractivity contribution in [3.05, 3.63) is 29.3 Å². The van der Waals surface area contributed by atoms with Crippen molar-refractivity contribution < 1.29 is 4.74 Å². The van der Waals surface area contributed by atoms with Crippen LogP contribution in [-0.2, 0) is 13.0 Å². The molecule has 0 unspecified atom stereocenters. The molecular weight excluding hydrogens is 210 g/mol. The fraction of sp³-hybridized carbons (Fsp3) is 0.500.